The van der Waals surface area contributed by atoms with E-state index in [1.807, 2.05) is 60.9 Å². The highest BCUT2D eigenvalue weighted by Crippen LogP contribution is 2.34. The van der Waals surface area contributed by atoms with Crippen LogP contribution in [0.5, 0.6) is 5.75 Å². The number of hydrogen-bond donors (Lipinski definition) is 2. The molecule has 232 valence electrons. The van der Waals surface area contributed by atoms with Crippen LogP contribution in [-0.2, 0) is 6.54 Å². The summed E-state index contributed by atoms with van der Waals surface area (Å²) < 4.78 is 9.46. The molecule has 2 saturated heterocycles. The van der Waals surface area contributed by atoms with Crippen LogP contribution in [-0.4, -0.2) is 88.5 Å². The van der Waals surface area contributed by atoms with Crippen molar-refractivity contribution in [3.8, 4) is 17.0 Å². The average Bonchev–Trinajstić information content (AvgIpc) is 3.72. The number of aromatic nitrogens is 5. The van der Waals surface area contributed by atoms with Gasteiger partial charge >= 0.3 is 0 Å². The number of hydrogen-bond acceptors (Lipinski definition) is 8. The minimum atomic E-state index is -0.177. The van der Waals surface area contributed by atoms with Crippen LogP contribution >= 0.6 is 0 Å². The summed E-state index contributed by atoms with van der Waals surface area (Å²) in [5, 5.41) is 12.1. The molecule has 3 aromatic heterocycles. The second kappa shape index (κ2) is 12.7. The Labute approximate surface area is 262 Å². The zero-order chi connectivity index (χ0) is 30.8. The number of ether oxygens (including phenoxy) is 1. The fraction of sp³-hybridized carbons (Fsp3) is 0.353. The molecule has 2 aliphatic heterocycles. The Morgan fingerprint density at radius 1 is 0.978 bits per heavy atom. The first kappa shape index (κ1) is 29.0. The maximum atomic E-state index is 13.7. The molecule has 11 heteroatoms. The molecular formula is C34H39N9O2. The van der Waals surface area contributed by atoms with E-state index >= 15 is 0 Å². The van der Waals surface area contributed by atoms with Crippen molar-refractivity contribution in [1.29, 1.82) is 0 Å². The summed E-state index contributed by atoms with van der Waals surface area (Å²) in [6.45, 7) is 6.56. The maximum Gasteiger partial charge on any atom is 0.255 e. The van der Waals surface area contributed by atoms with Gasteiger partial charge in [-0.25, -0.2) is 9.97 Å². The summed E-state index contributed by atoms with van der Waals surface area (Å²) in [5.74, 6) is 0.627. The lowest BCUT2D eigenvalue weighted by atomic mass is 10.1. The first-order valence-corrected chi connectivity index (χ1v) is 15.6. The normalized spacial score (nSPS) is 16.3. The van der Waals surface area contributed by atoms with Crippen LogP contribution in [0.2, 0.25) is 0 Å². The molecule has 0 bridgehead atoms. The number of nitrogens with zero attached hydrogens (tertiary/aromatic N) is 7. The Hall–Kier alpha value is -4.74. The van der Waals surface area contributed by atoms with Gasteiger partial charge in [-0.15, -0.1) is 0 Å². The summed E-state index contributed by atoms with van der Waals surface area (Å²) in [6.07, 6.45) is 9.56. The fourth-order valence-electron chi connectivity index (χ4n) is 6.30. The maximum absolute atomic E-state index is 13.7. The zero-order valence-electron chi connectivity index (χ0n) is 25.8. The van der Waals surface area contributed by atoms with Gasteiger partial charge in [0, 0.05) is 61.9 Å². The third-order valence-electron chi connectivity index (χ3n) is 8.97. The Kier molecular flexibility index (Phi) is 8.19. The van der Waals surface area contributed by atoms with E-state index in [2.05, 4.69) is 42.9 Å². The van der Waals surface area contributed by atoms with Crippen LogP contribution in [0.1, 0.15) is 34.8 Å². The Bertz CT molecular complexity index is 1760. The highest BCUT2D eigenvalue weighted by atomic mass is 16.5. The second-order valence-corrected chi connectivity index (χ2v) is 11.9. The molecule has 0 aliphatic carbocycles. The van der Waals surface area contributed by atoms with Crippen LogP contribution in [0.3, 0.4) is 0 Å². The number of anilines is 2. The van der Waals surface area contributed by atoms with Gasteiger partial charge in [-0.05, 0) is 74.9 Å². The van der Waals surface area contributed by atoms with Gasteiger partial charge in [-0.2, -0.15) is 5.10 Å². The largest absolute Gasteiger partial charge is 0.497 e. The van der Waals surface area contributed by atoms with Gasteiger partial charge in [0.25, 0.3) is 5.91 Å². The van der Waals surface area contributed by atoms with Gasteiger partial charge in [-0.3, -0.25) is 9.48 Å². The number of piperidine rings is 1. The Balaban J connectivity index is 1.21. The highest BCUT2D eigenvalue weighted by Gasteiger charge is 2.22. The second-order valence-electron chi connectivity index (χ2n) is 11.9. The SMILES string of the molecule is COc1ccc(Cn2cc(NC(=O)c3ccc(N4CCN(C)CC4)cc3)c3c(-c4cnn(C5CCNCC5)c4)ncnc32)cc1. The van der Waals surface area contributed by atoms with Crippen LogP contribution in [0.4, 0.5) is 11.4 Å². The van der Waals surface area contributed by atoms with Crippen molar-refractivity contribution in [2.45, 2.75) is 25.4 Å². The van der Waals surface area contributed by atoms with E-state index in [1.165, 1.54) is 0 Å². The van der Waals surface area contributed by atoms with Crippen LogP contribution in [0, 0.1) is 0 Å². The Morgan fingerprint density at radius 3 is 2.47 bits per heavy atom. The summed E-state index contributed by atoms with van der Waals surface area (Å²) >= 11 is 0. The van der Waals surface area contributed by atoms with Gasteiger partial charge in [-0.1, -0.05) is 12.1 Å². The first-order valence-electron chi connectivity index (χ1n) is 15.6. The van der Waals surface area contributed by atoms with Crippen molar-refractivity contribution in [2.24, 2.45) is 0 Å². The van der Waals surface area contributed by atoms with E-state index in [4.69, 9.17) is 19.8 Å². The number of benzene rings is 2. The molecule has 5 aromatic rings. The summed E-state index contributed by atoms with van der Waals surface area (Å²) in [4.78, 5) is 27.8. The molecule has 2 N–H and O–H groups in total. The molecule has 11 nitrogen and oxygen atoms in total. The third-order valence-corrected chi connectivity index (χ3v) is 8.97. The van der Waals surface area contributed by atoms with Gasteiger partial charge in [0.2, 0.25) is 0 Å². The zero-order valence-corrected chi connectivity index (χ0v) is 25.8. The van der Waals surface area contributed by atoms with Crippen LogP contribution < -0.4 is 20.3 Å². The van der Waals surface area contributed by atoms with Gasteiger partial charge in [0.05, 0.1) is 36.1 Å². The smallest absolute Gasteiger partial charge is 0.255 e. The average molecular weight is 606 g/mol. The summed E-state index contributed by atoms with van der Waals surface area (Å²) in [7, 11) is 3.81. The number of rotatable bonds is 8. The topological polar surface area (TPSA) is 105 Å². The third kappa shape index (κ3) is 6.13. The van der Waals surface area contributed by atoms with E-state index in [-0.39, 0.29) is 5.91 Å². The molecule has 2 aromatic carbocycles. The molecule has 0 spiro atoms. The lowest BCUT2D eigenvalue weighted by Gasteiger charge is -2.34. The lowest BCUT2D eigenvalue weighted by molar-refractivity contribution is 0.102. The number of methoxy groups -OCH3 is 1. The molecule has 0 unspecified atom stereocenters. The van der Waals surface area contributed by atoms with Crippen molar-refractivity contribution >= 4 is 28.3 Å². The molecule has 7 rings (SSSR count). The van der Waals surface area contributed by atoms with E-state index in [1.54, 1.807) is 13.4 Å². The minimum Gasteiger partial charge on any atom is -0.497 e. The van der Waals surface area contributed by atoms with Crippen molar-refractivity contribution in [3.05, 3.63) is 84.6 Å². The molecule has 0 saturated carbocycles. The molecule has 0 atom stereocenters. The predicted octanol–water partition coefficient (Wildman–Crippen LogP) is 4.28. The van der Waals surface area contributed by atoms with Crippen molar-refractivity contribution < 1.29 is 9.53 Å². The molecule has 45 heavy (non-hydrogen) atoms. The fourth-order valence-corrected chi connectivity index (χ4v) is 6.30. The molecular weight excluding hydrogens is 566 g/mol. The van der Waals surface area contributed by atoms with E-state index in [0.717, 1.165) is 91.4 Å². The quantitative estimate of drug-likeness (QED) is 0.270. The molecule has 1 amide bonds. The predicted molar refractivity (Wildman–Crippen MR) is 176 cm³/mol. The van der Waals surface area contributed by atoms with Gasteiger partial charge in [0.15, 0.2) is 0 Å². The van der Waals surface area contributed by atoms with E-state index < -0.39 is 0 Å². The van der Waals surface area contributed by atoms with E-state index in [0.29, 0.717) is 23.8 Å². The van der Waals surface area contributed by atoms with E-state index in [9.17, 15) is 4.79 Å². The first-order chi connectivity index (χ1) is 22.1. The number of likely N-dealkylation sites (N-methyl/N-ethyl adjacent to an activating group) is 1. The monoisotopic (exact) mass is 605 g/mol. The van der Waals surface area contributed by atoms with Crippen LogP contribution in [0.25, 0.3) is 22.3 Å². The summed E-state index contributed by atoms with van der Waals surface area (Å²) in [5.41, 5.74) is 5.87. The number of fused-ring (bicyclic) bond motifs is 1. The number of carbonyl (C=O) groups is 1. The lowest BCUT2D eigenvalue weighted by Crippen LogP contribution is -2.44. The number of amides is 1. The van der Waals surface area contributed by atoms with Crippen molar-refractivity contribution in [2.75, 3.05) is 63.6 Å². The minimum absolute atomic E-state index is 0.177. The highest BCUT2D eigenvalue weighted by molar-refractivity contribution is 6.11. The van der Waals surface area contributed by atoms with Crippen molar-refractivity contribution in [1.82, 2.24) is 34.5 Å². The number of piperazine rings is 1. The van der Waals surface area contributed by atoms with Gasteiger partial charge in [0.1, 0.15) is 17.7 Å². The molecule has 2 fully saturated rings. The number of nitrogens with one attached hydrogen (secondary N) is 2. The van der Waals surface area contributed by atoms with Crippen LogP contribution in [0.15, 0.2) is 73.4 Å². The number of carbonyl (C=O) groups excluding carboxylic acids is 1. The Morgan fingerprint density at radius 2 is 1.73 bits per heavy atom. The summed E-state index contributed by atoms with van der Waals surface area (Å²) in [6, 6.07) is 16.2. The molecule has 5 heterocycles. The molecule has 2 aliphatic rings. The van der Waals surface area contributed by atoms with Gasteiger partial charge < -0.3 is 29.7 Å². The van der Waals surface area contributed by atoms with Crippen molar-refractivity contribution in [3.63, 3.8) is 0 Å². The standard InChI is InChI=1S/C34H39N9O2/c1-40-15-17-41(18-16-40)27-7-5-25(6-8-27)34(44)39-30-22-42(20-24-3-9-29(45-2)10-4-24)33-31(30)32(36-23-37-33)26-19-38-43(21-26)28-11-13-35-14-12-28/h3-10,19,21-23,28,35H,11-18,20H2,1-2H3,(H,39,44). The molecule has 0 radical (unpaired) electrons.